The molecule has 1 aromatic heterocycles. The topological polar surface area (TPSA) is 65.8 Å². The summed E-state index contributed by atoms with van der Waals surface area (Å²) >= 11 is 0. The van der Waals surface area contributed by atoms with Crippen molar-refractivity contribution in [3.63, 3.8) is 0 Å². The number of hydrogen-bond acceptors (Lipinski definition) is 5. The van der Waals surface area contributed by atoms with Gasteiger partial charge in [0.25, 0.3) is 0 Å². The van der Waals surface area contributed by atoms with Crippen molar-refractivity contribution in [1.29, 1.82) is 0 Å². The summed E-state index contributed by atoms with van der Waals surface area (Å²) in [5.74, 6) is 0.546. The molecule has 18 heavy (non-hydrogen) atoms. The second-order valence-electron chi connectivity index (χ2n) is 4.38. The number of ether oxygens (including phenoxy) is 1. The van der Waals surface area contributed by atoms with Crippen LogP contribution in [0.3, 0.4) is 0 Å². The molecule has 0 amide bonds. The van der Waals surface area contributed by atoms with Gasteiger partial charge >= 0.3 is 0 Å². The lowest BCUT2D eigenvalue weighted by Gasteiger charge is -2.25. The van der Waals surface area contributed by atoms with Gasteiger partial charge in [-0.3, -0.25) is 0 Å². The highest BCUT2D eigenvalue weighted by molar-refractivity contribution is 5.62. The number of aliphatic hydroxyl groups is 2. The van der Waals surface area contributed by atoms with Gasteiger partial charge in [-0.15, -0.1) is 0 Å². The number of aliphatic hydroxyl groups excluding tert-OH is 2. The Morgan fingerprint density at radius 3 is 2.78 bits per heavy atom. The number of nitrogens with zero attached hydrogens (tertiary/aromatic N) is 2. The molecule has 1 aromatic rings. The summed E-state index contributed by atoms with van der Waals surface area (Å²) in [6.07, 6.45) is 2.99. The Hall–Kier alpha value is -1.33. The van der Waals surface area contributed by atoms with Crippen molar-refractivity contribution in [2.24, 2.45) is 0 Å². The zero-order valence-electron chi connectivity index (χ0n) is 10.7. The summed E-state index contributed by atoms with van der Waals surface area (Å²) in [5, 5.41) is 19.0. The summed E-state index contributed by atoms with van der Waals surface area (Å²) in [4.78, 5) is 6.41. The summed E-state index contributed by atoms with van der Waals surface area (Å²) in [7, 11) is 0. The summed E-state index contributed by atoms with van der Waals surface area (Å²) in [5.41, 5.74) is 1.52. The largest absolute Gasteiger partial charge is 0.476 e. The van der Waals surface area contributed by atoms with Gasteiger partial charge in [0.05, 0.1) is 13.2 Å². The van der Waals surface area contributed by atoms with Crippen LogP contribution in [-0.4, -0.2) is 41.5 Å². The van der Waals surface area contributed by atoms with Crippen molar-refractivity contribution in [2.45, 2.75) is 25.9 Å². The maximum absolute atomic E-state index is 9.90. The molecule has 1 unspecified atom stereocenters. The third kappa shape index (κ3) is 2.57. The van der Waals surface area contributed by atoms with Crippen LogP contribution < -0.4 is 9.64 Å². The van der Waals surface area contributed by atoms with Gasteiger partial charge in [0.2, 0.25) is 5.88 Å². The Balaban J connectivity index is 2.41. The van der Waals surface area contributed by atoms with E-state index in [0.717, 1.165) is 31.6 Å². The second-order valence-corrected chi connectivity index (χ2v) is 4.38. The number of hydrogen-bond donors (Lipinski definition) is 2. The minimum atomic E-state index is -0.886. The van der Waals surface area contributed by atoms with Crippen LogP contribution in [-0.2, 0) is 0 Å². The van der Waals surface area contributed by atoms with Gasteiger partial charge in [-0.05, 0) is 25.8 Å². The second kappa shape index (κ2) is 6.02. The first-order valence-corrected chi connectivity index (χ1v) is 6.43. The molecule has 1 fully saturated rings. The third-order valence-corrected chi connectivity index (χ3v) is 3.16. The molecule has 0 spiro atoms. The normalized spacial score (nSPS) is 16.9. The summed E-state index contributed by atoms with van der Waals surface area (Å²) in [6.45, 7) is 4.03. The van der Waals surface area contributed by atoms with Crippen LogP contribution in [0.4, 0.5) is 5.69 Å². The van der Waals surface area contributed by atoms with E-state index in [2.05, 4.69) is 9.88 Å². The Kier molecular flexibility index (Phi) is 4.38. The monoisotopic (exact) mass is 252 g/mol. The van der Waals surface area contributed by atoms with Crippen molar-refractivity contribution in [1.82, 2.24) is 4.98 Å². The number of rotatable bonds is 5. The fraction of sp³-hybridized carbons (Fsp3) is 0.615. The van der Waals surface area contributed by atoms with Crippen molar-refractivity contribution in [3.8, 4) is 5.88 Å². The van der Waals surface area contributed by atoms with Gasteiger partial charge in [0.1, 0.15) is 11.8 Å². The molecule has 0 radical (unpaired) electrons. The van der Waals surface area contributed by atoms with Crippen molar-refractivity contribution in [2.75, 3.05) is 31.2 Å². The Morgan fingerprint density at radius 1 is 1.44 bits per heavy atom. The lowest BCUT2D eigenvalue weighted by atomic mass is 10.1. The van der Waals surface area contributed by atoms with E-state index in [1.165, 1.54) is 0 Å². The third-order valence-electron chi connectivity index (χ3n) is 3.16. The summed E-state index contributed by atoms with van der Waals surface area (Å²) < 4.78 is 5.54. The Labute approximate surface area is 107 Å². The minimum absolute atomic E-state index is 0.295. The van der Waals surface area contributed by atoms with Crippen LogP contribution in [0.2, 0.25) is 0 Å². The first kappa shape index (κ1) is 13.1. The molecule has 5 nitrogen and oxygen atoms in total. The van der Waals surface area contributed by atoms with E-state index in [-0.39, 0.29) is 6.61 Å². The standard InChI is InChI=1S/C13H20N2O3/c1-2-18-13-12(15-7-3-4-8-15)10(5-6-14-13)11(17)9-16/h5-6,11,16-17H,2-4,7-9H2,1H3. The van der Waals surface area contributed by atoms with E-state index in [1.54, 1.807) is 12.3 Å². The zero-order valence-corrected chi connectivity index (χ0v) is 10.7. The average Bonchev–Trinajstić information content (AvgIpc) is 2.91. The molecule has 2 rings (SSSR count). The van der Waals surface area contributed by atoms with E-state index in [0.29, 0.717) is 18.1 Å². The Bertz CT molecular complexity index is 392. The predicted molar refractivity (Wildman–Crippen MR) is 68.9 cm³/mol. The molecule has 2 heterocycles. The molecule has 1 saturated heterocycles. The van der Waals surface area contributed by atoms with Crippen LogP contribution in [0, 0.1) is 0 Å². The highest BCUT2D eigenvalue weighted by atomic mass is 16.5. The molecule has 1 atom stereocenters. The maximum atomic E-state index is 9.90. The number of anilines is 1. The quantitative estimate of drug-likeness (QED) is 0.821. The molecule has 1 aliphatic heterocycles. The van der Waals surface area contributed by atoms with E-state index >= 15 is 0 Å². The van der Waals surface area contributed by atoms with Crippen LogP contribution >= 0.6 is 0 Å². The van der Waals surface area contributed by atoms with E-state index in [4.69, 9.17) is 9.84 Å². The number of pyridine rings is 1. The molecule has 0 bridgehead atoms. The van der Waals surface area contributed by atoms with Gasteiger partial charge in [-0.1, -0.05) is 0 Å². The van der Waals surface area contributed by atoms with E-state index < -0.39 is 6.10 Å². The molecular formula is C13H20N2O3. The molecule has 0 aliphatic carbocycles. The highest BCUT2D eigenvalue weighted by Crippen LogP contribution is 2.35. The van der Waals surface area contributed by atoms with E-state index in [1.807, 2.05) is 6.92 Å². The number of aromatic nitrogens is 1. The first-order chi connectivity index (χ1) is 8.77. The molecule has 0 saturated carbocycles. The van der Waals surface area contributed by atoms with E-state index in [9.17, 15) is 5.11 Å². The highest BCUT2D eigenvalue weighted by Gasteiger charge is 2.24. The Morgan fingerprint density at radius 2 is 2.17 bits per heavy atom. The fourth-order valence-corrected chi connectivity index (χ4v) is 2.32. The molecule has 100 valence electrons. The first-order valence-electron chi connectivity index (χ1n) is 6.43. The van der Waals surface area contributed by atoms with Gasteiger partial charge in [0, 0.05) is 24.8 Å². The lowest BCUT2D eigenvalue weighted by molar-refractivity contribution is 0.0956. The minimum Gasteiger partial charge on any atom is -0.476 e. The average molecular weight is 252 g/mol. The van der Waals surface area contributed by atoms with Crippen LogP contribution in [0.1, 0.15) is 31.4 Å². The molecule has 2 N–H and O–H groups in total. The lowest BCUT2D eigenvalue weighted by Crippen LogP contribution is -2.22. The summed E-state index contributed by atoms with van der Waals surface area (Å²) in [6, 6.07) is 1.75. The van der Waals surface area contributed by atoms with Gasteiger partial charge in [0.15, 0.2) is 0 Å². The van der Waals surface area contributed by atoms with Crippen LogP contribution in [0.15, 0.2) is 12.3 Å². The molecule has 1 aliphatic rings. The van der Waals surface area contributed by atoms with Gasteiger partial charge in [-0.25, -0.2) is 4.98 Å². The van der Waals surface area contributed by atoms with Gasteiger partial charge in [-0.2, -0.15) is 0 Å². The maximum Gasteiger partial charge on any atom is 0.237 e. The predicted octanol–water partition coefficient (Wildman–Crippen LogP) is 1.11. The van der Waals surface area contributed by atoms with Gasteiger partial charge < -0.3 is 19.8 Å². The molecule has 5 heteroatoms. The smallest absolute Gasteiger partial charge is 0.237 e. The van der Waals surface area contributed by atoms with Crippen LogP contribution in [0.5, 0.6) is 5.88 Å². The van der Waals surface area contributed by atoms with Crippen LogP contribution in [0.25, 0.3) is 0 Å². The molecule has 0 aromatic carbocycles. The zero-order chi connectivity index (χ0) is 13.0. The fourth-order valence-electron chi connectivity index (χ4n) is 2.32. The van der Waals surface area contributed by atoms with Crippen molar-refractivity contribution >= 4 is 5.69 Å². The molecular weight excluding hydrogens is 232 g/mol. The SMILES string of the molecule is CCOc1nccc(C(O)CO)c1N1CCCC1. The van der Waals surface area contributed by atoms with Crippen molar-refractivity contribution < 1.29 is 14.9 Å². The van der Waals surface area contributed by atoms with Crippen molar-refractivity contribution in [3.05, 3.63) is 17.8 Å².